The van der Waals surface area contributed by atoms with Crippen molar-refractivity contribution in [3.05, 3.63) is 10.1 Å². The Balaban J connectivity index is 2.28. The summed E-state index contributed by atoms with van der Waals surface area (Å²) in [6.45, 7) is 3.80. The van der Waals surface area contributed by atoms with Gasteiger partial charge in [-0.15, -0.1) is 0 Å². The van der Waals surface area contributed by atoms with Gasteiger partial charge in [-0.2, -0.15) is 0 Å². The Kier molecular flexibility index (Phi) is 3.25. The van der Waals surface area contributed by atoms with Crippen LogP contribution in [-0.4, -0.2) is 23.0 Å². The number of nitro groups is 1. The minimum Gasteiger partial charge on any atom is -0.307 e. The molecule has 0 aromatic heterocycles. The van der Waals surface area contributed by atoms with E-state index in [1.54, 1.807) is 13.8 Å². The Morgan fingerprint density at radius 3 is 2.46 bits per heavy atom. The highest BCUT2D eigenvalue weighted by atomic mass is 16.6. The highest BCUT2D eigenvalue weighted by Gasteiger charge is 2.31. The molecular formula is C9H18N2O2. The second-order valence-corrected chi connectivity index (χ2v) is 4.43. The molecule has 1 aliphatic carbocycles. The van der Waals surface area contributed by atoms with E-state index in [1.165, 1.54) is 25.7 Å². The molecule has 0 amide bonds. The van der Waals surface area contributed by atoms with Gasteiger partial charge in [-0.25, -0.2) is 0 Å². The quantitative estimate of drug-likeness (QED) is 0.535. The van der Waals surface area contributed by atoms with Crippen LogP contribution in [0.25, 0.3) is 0 Å². The normalized spacial score (nSPS) is 19.2. The maximum atomic E-state index is 10.6. The smallest absolute Gasteiger partial charge is 0.229 e. The van der Waals surface area contributed by atoms with Gasteiger partial charge in [0, 0.05) is 24.8 Å². The van der Waals surface area contributed by atoms with Gasteiger partial charge >= 0.3 is 0 Å². The zero-order valence-corrected chi connectivity index (χ0v) is 8.38. The van der Waals surface area contributed by atoms with E-state index >= 15 is 0 Å². The molecule has 0 radical (unpaired) electrons. The predicted molar refractivity (Wildman–Crippen MR) is 51.3 cm³/mol. The fourth-order valence-electron chi connectivity index (χ4n) is 1.59. The first-order chi connectivity index (χ1) is 6.02. The van der Waals surface area contributed by atoms with Crippen molar-refractivity contribution in [2.75, 3.05) is 6.54 Å². The lowest BCUT2D eigenvalue weighted by Crippen LogP contribution is -2.44. The third-order valence-electron chi connectivity index (χ3n) is 2.67. The van der Waals surface area contributed by atoms with Crippen LogP contribution in [-0.2, 0) is 0 Å². The van der Waals surface area contributed by atoms with E-state index in [-0.39, 0.29) is 4.92 Å². The lowest BCUT2D eigenvalue weighted by Gasteiger charge is -2.19. The van der Waals surface area contributed by atoms with Crippen LogP contribution in [0.5, 0.6) is 0 Å². The van der Waals surface area contributed by atoms with Crippen molar-refractivity contribution in [3.63, 3.8) is 0 Å². The Bertz CT molecular complexity index is 186. The molecule has 0 saturated heterocycles. The van der Waals surface area contributed by atoms with Gasteiger partial charge in [0.15, 0.2) is 0 Å². The molecule has 13 heavy (non-hydrogen) atoms. The van der Waals surface area contributed by atoms with Crippen molar-refractivity contribution in [2.45, 2.75) is 51.1 Å². The molecule has 0 atom stereocenters. The van der Waals surface area contributed by atoms with E-state index in [0.29, 0.717) is 12.6 Å². The van der Waals surface area contributed by atoms with E-state index in [1.807, 2.05) is 0 Å². The van der Waals surface area contributed by atoms with Crippen LogP contribution >= 0.6 is 0 Å². The first-order valence-electron chi connectivity index (χ1n) is 4.90. The zero-order valence-electron chi connectivity index (χ0n) is 8.38. The SMILES string of the molecule is CC(C)(CNC1CCCC1)[N+](=O)[O-]. The van der Waals surface area contributed by atoms with Crippen LogP contribution in [0, 0.1) is 10.1 Å². The van der Waals surface area contributed by atoms with Crippen LogP contribution in [0.4, 0.5) is 0 Å². The fourth-order valence-corrected chi connectivity index (χ4v) is 1.59. The fraction of sp³-hybridized carbons (Fsp3) is 1.00. The lowest BCUT2D eigenvalue weighted by atomic mass is 10.1. The van der Waals surface area contributed by atoms with Crippen molar-refractivity contribution >= 4 is 0 Å². The van der Waals surface area contributed by atoms with Crippen molar-refractivity contribution < 1.29 is 4.92 Å². The monoisotopic (exact) mass is 186 g/mol. The average molecular weight is 186 g/mol. The number of nitrogens with one attached hydrogen (secondary N) is 1. The van der Waals surface area contributed by atoms with Gasteiger partial charge in [0.25, 0.3) is 0 Å². The summed E-state index contributed by atoms with van der Waals surface area (Å²) >= 11 is 0. The number of nitrogens with zero attached hydrogens (tertiary/aromatic N) is 1. The Hall–Kier alpha value is -0.640. The molecule has 0 unspecified atom stereocenters. The van der Waals surface area contributed by atoms with E-state index in [9.17, 15) is 10.1 Å². The van der Waals surface area contributed by atoms with E-state index in [2.05, 4.69) is 5.32 Å². The molecule has 0 aromatic carbocycles. The summed E-state index contributed by atoms with van der Waals surface area (Å²) in [5.74, 6) is 0. The Morgan fingerprint density at radius 2 is 2.00 bits per heavy atom. The topological polar surface area (TPSA) is 55.2 Å². The first kappa shape index (κ1) is 10.4. The summed E-state index contributed by atoms with van der Waals surface area (Å²) in [6.07, 6.45) is 4.87. The molecule has 0 aliphatic heterocycles. The summed E-state index contributed by atoms with van der Waals surface area (Å²) in [4.78, 5) is 10.4. The van der Waals surface area contributed by atoms with Gasteiger partial charge < -0.3 is 5.32 Å². The third kappa shape index (κ3) is 2.95. The van der Waals surface area contributed by atoms with Crippen molar-refractivity contribution in [2.24, 2.45) is 0 Å². The molecule has 1 N–H and O–H groups in total. The predicted octanol–water partition coefficient (Wildman–Crippen LogP) is 1.57. The molecule has 0 bridgehead atoms. The van der Waals surface area contributed by atoms with Crippen LogP contribution in [0.2, 0.25) is 0 Å². The molecular weight excluding hydrogens is 168 g/mol. The van der Waals surface area contributed by atoms with Crippen molar-refractivity contribution in [1.82, 2.24) is 5.32 Å². The number of hydrogen-bond acceptors (Lipinski definition) is 3. The molecule has 1 rings (SSSR count). The summed E-state index contributed by atoms with van der Waals surface area (Å²) in [5, 5.41) is 13.9. The van der Waals surface area contributed by atoms with E-state index in [4.69, 9.17) is 0 Å². The summed E-state index contributed by atoms with van der Waals surface area (Å²) < 4.78 is 0. The van der Waals surface area contributed by atoms with Gasteiger partial charge in [-0.3, -0.25) is 10.1 Å². The van der Waals surface area contributed by atoms with Crippen molar-refractivity contribution in [3.8, 4) is 0 Å². The molecule has 4 heteroatoms. The van der Waals surface area contributed by atoms with Gasteiger partial charge in [-0.1, -0.05) is 12.8 Å². The largest absolute Gasteiger partial charge is 0.307 e. The number of rotatable bonds is 4. The van der Waals surface area contributed by atoms with Crippen LogP contribution in [0.1, 0.15) is 39.5 Å². The highest BCUT2D eigenvalue weighted by molar-refractivity contribution is 4.78. The van der Waals surface area contributed by atoms with Gasteiger partial charge in [0.2, 0.25) is 5.54 Å². The third-order valence-corrected chi connectivity index (χ3v) is 2.67. The maximum absolute atomic E-state index is 10.6. The molecule has 1 fully saturated rings. The second-order valence-electron chi connectivity index (χ2n) is 4.43. The zero-order chi connectivity index (χ0) is 9.90. The molecule has 76 valence electrons. The molecule has 1 aliphatic rings. The minimum atomic E-state index is -0.831. The van der Waals surface area contributed by atoms with Gasteiger partial charge in [-0.05, 0) is 12.8 Å². The van der Waals surface area contributed by atoms with Crippen molar-refractivity contribution in [1.29, 1.82) is 0 Å². The maximum Gasteiger partial charge on any atom is 0.229 e. The summed E-state index contributed by atoms with van der Waals surface area (Å²) in [7, 11) is 0. The Labute approximate surface area is 78.9 Å². The Morgan fingerprint density at radius 1 is 1.46 bits per heavy atom. The van der Waals surface area contributed by atoms with Crippen LogP contribution < -0.4 is 5.32 Å². The number of hydrogen-bond donors (Lipinski definition) is 1. The molecule has 0 spiro atoms. The average Bonchev–Trinajstić information content (AvgIpc) is 2.52. The van der Waals surface area contributed by atoms with Gasteiger partial charge in [0.1, 0.15) is 0 Å². The molecule has 1 saturated carbocycles. The van der Waals surface area contributed by atoms with E-state index in [0.717, 1.165) is 0 Å². The first-order valence-corrected chi connectivity index (χ1v) is 4.90. The van der Waals surface area contributed by atoms with Crippen LogP contribution in [0.15, 0.2) is 0 Å². The van der Waals surface area contributed by atoms with Crippen LogP contribution in [0.3, 0.4) is 0 Å². The van der Waals surface area contributed by atoms with Gasteiger partial charge in [0.05, 0.1) is 6.54 Å². The standard InChI is InChI=1S/C9H18N2O2/c1-9(2,11(12)13)7-10-8-5-3-4-6-8/h8,10H,3-7H2,1-2H3. The van der Waals surface area contributed by atoms with E-state index < -0.39 is 5.54 Å². The molecule has 4 nitrogen and oxygen atoms in total. The summed E-state index contributed by atoms with van der Waals surface area (Å²) in [6, 6.07) is 0.513. The highest BCUT2D eigenvalue weighted by Crippen LogP contribution is 2.18. The lowest BCUT2D eigenvalue weighted by molar-refractivity contribution is -0.558. The molecule has 0 heterocycles. The molecule has 0 aromatic rings. The second kappa shape index (κ2) is 4.05. The minimum absolute atomic E-state index is 0.213. The summed E-state index contributed by atoms with van der Waals surface area (Å²) in [5.41, 5.74) is -0.831.